The predicted octanol–water partition coefficient (Wildman–Crippen LogP) is 2.63. The molecule has 2 aromatic rings. The van der Waals surface area contributed by atoms with Gasteiger partial charge in [0.05, 0.1) is 20.8 Å². The molecule has 0 saturated carbocycles. The van der Waals surface area contributed by atoms with Gasteiger partial charge in [-0.1, -0.05) is 0 Å². The molecule has 0 amide bonds. The van der Waals surface area contributed by atoms with E-state index >= 15 is 0 Å². The molecule has 0 aliphatic carbocycles. The summed E-state index contributed by atoms with van der Waals surface area (Å²) in [5.74, 6) is 1.35. The Labute approximate surface area is 193 Å². The number of aliphatic hydroxyl groups excluding tert-OH is 1. The van der Waals surface area contributed by atoms with Gasteiger partial charge in [0.15, 0.2) is 5.96 Å². The quantitative estimate of drug-likeness (QED) is 0.340. The summed E-state index contributed by atoms with van der Waals surface area (Å²) < 4.78 is 23.6. The molecule has 0 spiro atoms. The molecule has 7 nitrogen and oxygen atoms in total. The molecule has 1 unspecified atom stereocenters. The van der Waals surface area contributed by atoms with E-state index < -0.39 is 6.10 Å². The number of halogens is 2. The van der Waals surface area contributed by atoms with Crippen LogP contribution in [0.4, 0.5) is 10.1 Å². The van der Waals surface area contributed by atoms with Gasteiger partial charge in [-0.05, 0) is 42.5 Å². The Morgan fingerprint density at radius 1 is 1.10 bits per heavy atom. The van der Waals surface area contributed by atoms with E-state index in [9.17, 15) is 9.50 Å². The van der Waals surface area contributed by atoms with Gasteiger partial charge in [-0.3, -0.25) is 4.99 Å². The lowest BCUT2D eigenvalue weighted by atomic mass is 10.1. The zero-order valence-electron chi connectivity index (χ0n) is 17.1. The van der Waals surface area contributed by atoms with E-state index in [-0.39, 0.29) is 36.3 Å². The van der Waals surface area contributed by atoms with E-state index in [2.05, 4.69) is 9.89 Å². The van der Waals surface area contributed by atoms with Crippen LogP contribution in [0.2, 0.25) is 0 Å². The molecular weight excluding hydrogens is 502 g/mol. The molecule has 1 saturated heterocycles. The summed E-state index contributed by atoms with van der Waals surface area (Å²) in [5.41, 5.74) is 7.74. The van der Waals surface area contributed by atoms with Crippen molar-refractivity contribution in [3.8, 4) is 11.5 Å². The van der Waals surface area contributed by atoms with Gasteiger partial charge >= 0.3 is 0 Å². The van der Waals surface area contributed by atoms with Crippen LogP contribution in [-0.4, -0.2) is 62.9 Å². The van der Waals surface area contributed by atoms with E-state index in [0.29, 0.717) is 36.1 Å². The van der Waals surface area contributed by atoms with E-state index in [1.165, 1.54) is 12.1 Å². The van der Waals surface area contributed by atoms with E-state index in [4.69, 9.17) is 15.2 Å². The fourth-order valence-electron chi connectivity index (χ4n) is 3.32. The molecule has 9 heteroatoms. The maximum absolute atomic E-state index is 13.1. The Morgan fingerprint density at radius 3 is 2.37 bits per heavy atom. The minimum absolute atomic E-state index is 0. The maximum Gasteiger partial charge on any atom is 0.191 e. The Hall–Kier alpha value is -2.27. The van der Waals surface area contributed by atoms with E-state index in [1.807, 2.05) is 4.90 Å². The normalized spacial score (nSPS) is 15.4. The molecular formula is C21H28FIN4O3. The number of hydrogen-bond acceptors (Lipinski definition) is 5. The summed E-state index contributed by atoms with van der Waals surface area (Å²) in [5, 5.41) is 10.6. The summed E-state index contributed by atoms with van der Waals surface area (Å²) in [6.07, 6.45) is -0.862. The first-order valence-corrected chi connectivity index (χ1v) is 9.47. The molecule has 2 aromatic carbocycles. The van der Waals surface area contributed by atoms with Gasteiger partial charge in [0.1, 0.15) is 23.4 Å². The van der Waals surface area contributed by atoms with E-state index in [1.54, 1.807) is 44.6 Å². The molecule has 1 fully saturated rings. The molecule has 164 valence electrons. The second-order valence-corrected chi connectivity index (χ2v) is 6.77. The van der Waals surface area contributed by atoms with Crippen molar-refractivity contribution in [3.05, 3.63) is 53.8 Å². The molecule has 1 aliphatic heterocycles. The molecule has 3 rings (SSSR count). The van der Waals surface area contributed by atoms with Gasteiger partial charge < -0.3 is 30.1 Å². The van der Waals surface area contributed by atoms with Gasteiger partial charge in [-0.2, -0.15) is 0 Å². The summed E-state index contributed by atoms with van der Waals surface area (Å²) in [6, 6.07) is 11.7. The Morgan fingerprint density at radius 2 is 1.77 bits per heavy atom. The number of piperazine rings is 1. The molecule has 1 atom stereocenters. The molecule has 1 aliphatic rings. The summed E-state index contributed by atoms with van der Waals surface area (Å²) in [7, 11) is 3.12. The highest BCUT2D eigenvalue weighted by atomic mass is 127. The zero-order chi connectivity index (χ0) is 20.8. The maximum atomic E-state index is 13.1. The number of ether oxygens (including phenoxy) is 2. The number of aliphatic imine (C=N–C) groups is 1. The highest BCUT2D eigenvalue weighted by Crippen LogP contribution is 2.29. The third-order valence-electron chi connectivity index (χ3n) is 5.02. The summed E-state index contributed by atoms with van der Waals surface area (Å²) >= 11 is 0. The number of benzene rings is 2. The lowest BCUT2D eigenvalue weighted by Crippen LogP contribution is -2.51. The third-order valence-corrected chi connectivity index (χ3v) is 5.02. The molecule has 0 aromatic heterocycles. The highest BCUT2D eigenvalue weighted by molar-refractivity contribution is 14.0. The topological polar surface area (TPSA) is 83.5 Å². The van der Waals surface area contributed by atoms with Crippen LogP contribution >= 0.6 is 24.0 Å². The van der Waals surface area contributed by atoms with Crippen LogP contribution in [0, 0.1) is 5.82 Å². The number of guanidine groups is 1. The standard InChI is InChI=1S/C21H27FN4O3.HI/c1-28-17-7-8-20(29-2)18(13-17)19(27)14-24-21(23)26-11-9-25(10-12-26)16-5-3-15(22)4-6-16;/h3-8,13,19,27H,9-12,14H2,1-2H3,(H2,23,24);1H. The molecule has 1 heterocycles. The van der Waals surface area contributed by atoms with Crippen molar-refractivity contribution in [2.24, 2.45) is 10.7 Å². The average Bonchev–Trinajstić information content (AvgIpc) is 2.77. The second kappa shape index (κ2) is 11.2. The van der Waals surface area contributed by atoms with Crippen molar-refractivity contribution in [3.63, 3.8) is 0 Å². The van der Waals surface area contributed by atoms with Gasteiger partial charge in [0, 0.05) is 37.4 Å². The second-order valence-electron chi connectivity index (χ2n) is 6.77. The number of aliphatic hydroxyl groups is 1. The Balaban J connectivity index is 0.00000320. The average molecular weight is 530 g/mol. The first-order valence-electron chi connectivity index (χ1n) is 9.47. The van der Waals surface area contributed by atoms with Crippen molar-refractivity contribution in [2.75, 3.05) is 51.8 Å². The van der Waals surface area contributed by atoms with Crippen molar-refractivity contribution < 1.29 is 19.0 Å². The number of hydrogen-bond donors (Lipinski definition) is 2. The third kappa shape index (κ3) is 5.88. The summed E-state index contributed by atoms with van der Waals surface area (Å²) in [6.45, 7) is 3.03. The number of anilines is 1. The molecule has 30 heavy (non-hydrogen) atoms. The van der Waals surface area contributed by atoms with Crippen LogP contribution in [0.15, 0.2) is 47.5 Å². The largest absolute Gasteiger partial charge is 0.497 e. The fourth-order valence-corrected chi connectivity index (χ4v) is 3.32. The SMILES string of the molecule is COc1ccc(OC)c(C(O)CN=C(N)N2CCN(c3ccc(F)cc3)CC2)c1.I. The number of methoxy groups -OCH3 is 2. The van der Waals surface area contributed by atoms with Crippen LogP contribution in [0.1, 0.15) is 11.7 Å². The van der Waals surface area contributed by atoms with Crippen molar-refractivity contribution in [1.29, 1.82) is 0 Å². The Kier molecular flexibility index (Phi) is 8.97. The van der Waals surface area contributed by atoms with Crippen LogP contribution in [0.25, 0.3) is 0 Å². The van der Waals surface area contributed by atoms with Crippen LogP contribution in [-0.2, 0) is 0 Å². The zero-order valence-corrected chi connectivity index (χ0v) is 19.5. The minimum atomic E-state index is -0.862. The van der Waals surface area contributed by atoms with Gasteiger partial charge in [0.2, 0.25) is 0 Å². The van der Waals surface area contributed by atoms with Gasteiger partial charge in [0.25, 0.3) is 0 Å². The van der Waals surface area contributed by atoms with Crippen LogP contribution in [0.3, 0.4) is 0 Å². The van der Waals surface area contributed by atoms with Crippen LogP contribution in [0.5, 0.6) is 11.5 Å². The fraction of sp³-hybridized carbons (Fsp3) is 0.381. The Bertz CT molecular complexity index is 843. The molecule has 0 bridgehead atoms. The van der Waals surface area contributed by atoms with E-state index in [0.717, 1.165) is 18.8 Å². The number of rotatable bonds is 6. The van der Waals surface area contributed by atoms with Gasteiger partial charge in [-0.15, -0.1) is 24.0 Å². The number of nitrogens with two attached hydrogens (primary N) is 1. The molecule has 0 radical (unpaired) electrons. The first kappa shape index (κ1) is 24.0. The first-order chi connectivity index (χ1) is 14.0. The van der Waals surface area contributed by atoms with Crippen molar-refractivity contribution in [1.82, 2.24) is 4.90 Å². The lowest BCUT2D eigenvalue weighted by molar-refractivity contribution is 0.181. The van der Waals surface area contributed by atoms with Crippen molar-refractivity contribution >= 4 is 35.6 Å². The smallest absolute Gasteiger partial charge is 0.191 e. The predicted molar refractivity (Wildman–Crippen MR) is 127 cm³/mol. The minimum Gasteiger partial charge on any atom is -0.497 e. The van der Waals surface area contributed by atoms with Crippen molar-refractivity contribution in [2.45, 2.75) is 6.10 Å². The number of nitrogens with zero attached hydrogens (tertiary/aromatic N) is 3. The highest BCUT2D eigenvalue weighted by Gasteiger charge is 2.20. The molecule has 3 N–H and O–H groups in total. The summed E-state index contributed by atoms with van der Waals surface area (Å²) in [4.78, 5) is 8.53. The monoisotopic (exact) mass is 530 g/mol. The lowest BCUT2D eigenvalue weighted by Gasteiger charge is -2.36. The van der Waals surface area contributed by atoms with Gasteiger partial charge in [-0.25, -0.2) is 4.39 Å². The van der Waals surface area contributed by atoms with Crippen LogP contribution < -0.4 is 20.1 Å².